The van der Waals surface area contributed by atoms with Gasteiger partial charge < -0.3 is 15.4 Å². The molecule has 0 spiro atoms. The standard InChI is InChI=1S/C11H19N5O3/c1-12-11-14-8-9(16(17)18)10(15-11)13-6-4-3-5-7-19-2/h8H,3-7H2,1-2H3,(H2,12,13,14,15). The predicted octanol–water partition coefficient (Wildman–Crippen LogP) is 1.66. The molecule has 0 radical (unpaired) electrons. The van der Waals surface area contributed by atoms with Crippen molar-refractivity contribution < 1.29 is 9.66 Å². The Morgan fingerprint density at radius 3 is 2.84 bits per heavy atom. The molecule has 106 valence electrons. The summed E-state index contributed by atoms with van der Waals surface area (Å²) in [6.07, 6.45) is 4.08. The van der Waals surface area contributed by atoms with Crippen LogP contribution in [-0.2, 0) is 4.74 Å². The van der Waals surface area contributed by atoms with Crippen LogP contribution in [0.5, 0.6) is 0 Å². The van der Waals surface area contributed by atoms with Crippen molar-refractivity contribution in [1.29, 1.82) is 0 Å². The second-order valence-electron chi connectivity index (χ2n) is 3.91. The van der Waals surface area contributed by atoms with Gasteiger partial charge in [0.2, 0.25) is 11.8 Å². The summed E-state index contributed by atoms with van der Waals surface area (Å²) >= 11 is 0. The zero-order valence-electron chi connectivity index (χ0n) is 11.2. The number of methoxy groups -OCH3 is 1. The van der Waals surface area contributed by atoms with Crippen LogP contribution in [0.25, 0.3) is 0 Å². The Labute approximate surface area is 111 Å². The molecule has 0 bridgehead atoms. The van der Waals surface area contributed by atoms with Gasteiger partial charge in [0.15, 0.2) is 0 Å². The molecule has 1 heterocycles. The molecule has 0 aliphatic heterocycles. The van der Waals surface area contributed by atoms with E-state index in [9.17, 15) is 10.1 Å². The van der Waals surface area contributed by atoms with Crippen LogP contribution in [0, 0.1) is 10.1 Å². The minimum absolute atomic E-state index is 0.115. The Balaban J connectivity index is 2.52. The van der Waals surface area contributed by atoms with Crippen molar-refractivity contribution >= 4 is 17.5 Å². The largest absolute Gasteiger partial charge is 0.385 e. The van der Waals surface area contributed by atoms with Gasteiger partial charge in [-0.25, -0.2) is 4.98 Å². The zero-order chi connectivity index (χ0) is 14.1. The van der Waals surface area contributed by atoms with Gasteiger partial charge in [0.25, 0.3) is 0 Å². The number of unbranched alkanes of at least 4 members (excludes halogenated alkanes) is 2. The van der Waals surface area contributed by atoms with Crippen LogP contribution in [0.2, 0.25) is 0 Å². The predicted molar refractivity (Wildman–Crippen MR) is 72.4 cm³/mol. The minimum atomic E-state index is -0.493. The first-order valence-corrected chi connectivity index (χ1v) is 6.11. The molecular formula is C11H19N5O3. The van der Waals surface area contributed by atoms with E-state index in [0.717, 1.165) is 25.9 Å². The van der Waals surface area contributed by atoms with Gasteiger partial charge in [-0.1, -0.05) is 0 Å². The molecule has 0 aliphatic carbocycles. The number of anilines is 2. The Morgan fingerprint density at radius 2 is 2.21 bits per heavy atom. The monoisotopic (exact) mass is 269 g/mol. The van der Waals surface area contributed by atoms with Gasteiger partial charge in [0, 0.05) is 27.3 Å². The lowest BCUT2D eigenvalue weighted by Crippen LogP contribution is -2.09. The highest BCUT2D eigenvalue weighted by molar-refractivity contribution is 5.56. The molecule has 0 atom stereocenters. The summed E-state index contributed by atoms with van der Waals surface area (Å²) in [7, 11) is 3.33. The van der Waals surface area contributed by atoms with Crippen LogP contribution in [0.15, 0.2) is 6.20 Å². The molecular weight excluding hydrogens is 250 g/mol. The fourth-order valence-electron chi connectivity index (χ4n) is 1.51. The molecule has 0 fully saturated rings. The lowest BCUT2D eigenvalue weighted by atomic mass is 10.2. The highest BCUT2D eigenvalue weighted by Crippen LogP contribution is 2.21. The third kappa shape index (κ3) is 5.04. The van der Waals surface area contributed by atoms with Gasteiger partial charge in [-0.15, -0.1) is 0 Å². The summed E-state index contributed by atoms with van der Waals surface area (Å²) in [5.41, 5.74) is -0.115. The second-order valence-corrected chi connectivity index (χ2v) is 3.91. The third-order valence-electron chi connectivity index (χ3n) is 2.51. The van der Waals surface area contributed by atoms with Crippen LogP contribution >= 0.6 is 0 Å². The molecule has 8 heteroatoms. The van der Waals surface area contributed by atoms with Crippen molar-refractivity contribution in [3.8, 4) is 0 Å². The minimum Gasteiger partial charge on any atom is -0.385 e. The van der Waals surface area contributed by atoms with Gasteiger partial charge in [-0.2, -0.15) is 4.98 Å². The topological polar surface area (TPSA) is 102 Å². The first kappa shape index (κ1) is 15.1. The number of nitrogens with zero attached hydrogens (tertiary/aromatic N) is 3. The van der Waals surface area contributed by atoms with Gasteiger partial charge in [-0.3, -0.25) is 10.1 Å². The highest BCUT2D eigenvalue weighted by atomic mass is 16.6. The summed E-state index contributed by atoms with van der Waals surface area (Å²) < 4.78 is 4.95. The lowest BCUT2D eigenvalue weighted by Gasteiger charge is -2.07. The van der Waals surface area contributed by atoms with Crippen LogP contribution < -0.4 is 10.6 Å². The average Bonchev–Trinajstić information content (AvgIpc) is 2.42. The van der Waals surface area contributed by atoms with E-state index in [1.807, 2.05) is 0 Å². The van der Waals surface area contributed by atoms with Crippen LogP contribution in [0.1, 0.15) is 19.3 Å². The van der Waals surface area contributed by atoms with Gasteiger partial charge in [-0.05, 0) is 19.3 Å². The maximum atomic E-state index is 10.8. The van der Waals surface area contributed by atoms with Crippen LogP contribution in [-0.4, -0.2) is 42.2 Å². The molecule has 0 aliphatic rings. The first-order valence-electron chi connectivity index (χ1n) is 6.11. The van der Waals surface area contributed by atoms with E-state index >= 15 is 0 Å². The third-order valence-corrected chi connectivity index (χ3v) is 2.51. The van der Waals surface area contributed by atoms with Crippen LogP contribution in [0.4, 0.5) is 17.5 Å². The number of ether oxygens (including phenoxy) is 1. The summed E-state index contributed by atoms with van der Waals surface area (Å²) in [4.78, 5) is 18.2. The number of hydrogen-bond acceptors (Lipinski definition) is 7. The zero-order valence-corrected chi connectivity index (χ0v) is 11.2. The Kier molecular flexibility index (Phi) is 6.51. The smallest absolute Gasteiger partial charge is 0.329 e. The molecule has 1 rings (SSSR count). The fourth-order valence-corrected chi connectivity index (χ4v) is 1.51. The Morgan fingerprint density at radius 1 is 1.42 bits per heavy atom. The van der Waals surface area contributed by atoms with Crippen LogP contribution in [0.3, 0.4) is 0 Å². The molecule has 19 heavy (non-hydrogen) atoms. The maximum Gasteiger partial charge on any atom is 0.329 e. The van der Waals surface area contributed by atoms with E-state index in [1.165, 1.54) is 6.20 Å². The normalized spacial score (nSPS) is 10.2. The quantitative estimate of drug-likeness (QED) is 0.399. The van der Waals surface area contributed by atoms with E-state index < -0.39 is 4.92 Å². The number of aromatic nitrogens is 2. The van der Waals surface area contributed by atoms with Gasteiger partial charge >= 0.3 is 5.69 Å². The average molecular weight is 269 g/mol. The fraction of sp³-hybridized carbons (Fsp3) is 0.636. The number of nitro groups is 1. The Bertz CT molecular complexity index is 413. The van der Waals surface area contributed by atoms with E-state index in [2.05, 4.69) is 20.6 Å². The van der Waals surface area contributed by atoms with E-state index in [4.69, 9.17) is 4.74 Å². The second kappa shape index (κ2) is 8.20. The van der Waals surface area contributed by atoms with Crippen molar-refractivity contribution in [3.05, 3.63) is 16.3 Å². The van der Waals surface area contributed by atoms with Crippen molar-refractivity contribution in [2.45, 2.75) is 19.3 Å². The number of hydrogen-bond donors (Lipinski definition) is 2. The highest BCUT2D eigenvalue weighted by Gasteiger charge is 2.16. The van der Waals surface area contributed by atoms with Gasteiger partial charge in [0.1, 0.15) is 6.20 Å². The maximum absolute atomic E-state index is 10.8. The molecule has 0 aromatic carbocycles. The van der Waals surface area contributed by atoms with Crippen molar-refractivity contribution in [1.82, 2.24) is 9.97 Å². The molecule has 8 nitrogen and oxygen atoms in total. The summed E-state index contributed by atoms with van der Waals surface area (Å²) in [6.45, 7) is 1.36. The molecule has 0 saturated carbocycles. The lowest BCUT2D eigenvalue weighted by molar-refractivity contribution is -0.384. The molecule has 0 unspecified atom stereocenters. The summed E-state index contributed by atoms with van der Waals surface area (Å²) in [5, 5.41) is 16.6. The van der Waals surface area contributed by atoms with Crippen molar-refractivity contribution in [2.24, 2.45) is 0 Å². The van der Waals surface area contributed by atoms with E-state index in [-0.39, 0.29) is 11.5 Å². The first-order chi connectivity index (χ1) is 9.19. The van der Waals surface area contributed by atoms with Crippen molar-refractivity contribution in [3.63, 3.8) is 0 Å². The summed E-state index contributed by atoms with van der Waals surface area (Å²) in [6, 6.07) is 0. The van der Waals surface area contributed by atoms with Gasteiger partial charge in [0.05, 0.1) is 4.92 Å². The number of nitrogens with one attached hydrogen (secondary N) is 2. The van der Waals surface area contributed by atoms with Crippen molar-refractivity contribution in [2.75, 3.05) is 37.9 Å². The molecule has 1 aromatic heterocycles. The van der Waals surface area contributed by atoms with E-state index in [1.54, 1.807) is 14.2 Å². The molecule has 2 N–H and O–H groups in total. The van der Waals surface area contributed by atoms with E-state index in [0.29, 0.717) is 12.5 Å². The summed E-state index contributed by atoms with van der Waals surface area (Å²) in [5.74, 6) is 0.601. The SMILES string of the molecule is CNc1ncc([N+](=O)[O-])c(NCCCCCOC)n1. The number of rotatable bonds is 9. The Hall–Kier alpha value is -1.96. The molecule has 0 amide bonds. The molecule has 0 saturated heterocycles. The molecule has 1 aromatic rings.